The first kappa shape index (κ1) is 32.9. The van der Waals surface area contributed by atoms with Crippen molar-refractivity contribution in [2.45, 2.75) is 38.5 Å². The quantitative estimate of drug-likeness (QED) is 0.169. The van der Waals surface area contributed by atoms with E-state index in [-0.39, 0.29) is 0 Å². The number of rotatable bonds is 3. The molecular weight excluding hydrogens is 719 g/mol. The van der Waals surface area contributed by atoms with Gasteiger partial charge in [-0.15, -0.1) is 0 Å². The second kappa shape index (κ2) is 12.7. The van der Waals surface area contributed by atoms with Crippen molar-refractivity contribution in [2.24, 2.45) is 4.99 Å². The van der Waals surface area contributed by atoms with Crippen molar-refractivity contribution in [3.05, 3.63) is 162 Å². The topological polar surface area (TPSA) is 51.3 Å². The Morgan fingerprint density at radius 3 is 2.27 bits per heavy atom. The first-order valence-corrected chi connectivity index (χ1v) is 20.9. The van der Waals surface area contributed by atoms with Crippen molar-refractivity contribution in [2.75, 3.05) is 0 Å². The molecule has 0 saturated carbocycles. The van der Waals surface area contributed by atoms with Gasteiger partial charge in [-0.25, -0.2) is 0 Å². The van der Waals surface area contributed by atoms with Crippen molar-refractivity contribution in [3.8, 4) is 33.5 Å². The second-order valence-corrected chi connectivity index (χ2v) is 16.3. The lowest BCUT2D eigenvalue weighted by atomic mass is 9.84. The minimum atomic E-state index is 0.918. The van der Waals surface area contributed by atoms with Gasteiger partial charge < -0.3 is 4.42 Å². The summed E-state index contributed by atoms with van der Waals surface area (Å²) in [6.07, 6.45) is 19.0. The van der Waals surface area contributed by atoms with Crippen LogP contribution in [0.15, 0.2) is 143 Å². The number of para-hydroxylation sites is 1. The van der Waals surface area contributed by atoms with Gasteiger partial charge in [0.25, 0.3) is 0 Å². The fraction of sp³-hybridized carbons (Fsp3) is 0.109. The SMILES string of the molecule is C1=Cc2c(nc(-c3cccc(-c4ccc5c(c4)c4c(c6cc(-c7cc8cccnc8c8c7CCC=N8)ccc65)C=CCC4)c3)c3ccc4c5ccccc5oc4c23)CC1. The summed E-state index contributed by atoms with van der Waals surface area (Å²) < 4.78 is 6.63. The summed E-state index contributed by atoms with van der Waals surface area (Å²) in [5, 5.41) is 11.0. The van der Waals surface area contributed by atoms with Gasteiger partial charge in [-0.05, 0) is 141 Å². The molecule has 59 heavy (non-hydrogen) atoms. The van der Waals surface area contributed by atoms with Gasteiger partial charge in [-0.2, -0.15) is 0 Å². The van der Waals surface area contributed by atoms with Gasteiger partial charge in [0.2, 0.25) is 0 Å². The van der Waals surface area contributed by atoms with E-state index in [1.165, 1.54) is 66.1 Å². The summed E-state index contributed by atoms with van der Waals surface area (Å²) in [7, 11) is 0. The number of pyridine rings is 2. The maximum Gasteiger partial charge on any atom is 0.143 e. The molecule has 1 aliphatic heterocycles. The molecule has 7 aromatic carbocycles. The van der Waals surface area contributed by atoms with Gasteiger partial charge >= 0.3 is 0 Å². The van der Waals surface area contributed by atoms with E-state index < -0.39 is 0 Å². The van der Waals surface area contributed by atoms with E-state index in [0.29, 0.717) is 0 Å². The molecule has 0 spiro atoms. The van der Waals surface area contributed by atoms with E-state index in [4.69, 9.17) is 19.4 Å². The average molecular weight is 756 g/mol. The third kappa shape index (κ3) is 4.93. The fourth-order valence-electron chi connectivity index (χ4n) is 10.3. The average Bonchev–Trinajstić information content (AvgIpc) is 3.70. The van der Waals surface area contributed by atoms with Crippen LogP contribution in [0.5, 0.6) is 0 Å². The van der Waals surface area contributed by atoms with Crippen molar-refractivity contribution in [3.63, 3.8) is 0 Å². The Kier molecular flexibility index (Phi) is 7.06. The molecule has 4 heteroatoms. The van der Waals surface area contributed by atoms with Gasteiger partial charge in [-0.3, -0.25) is 15.0 Å². The van der Waals surface area contributed by atoms with E-state index in [2.05, 4.69) is 127 Å². The molecule has 0 bridgehead atoms. The minimum absolute atomic E-state index is 0.918. The van der Waals surface area contributed by atoms with Crippen molar-refractivity contribution < 1.29 is 4.42 Å². The summed E-state index contributed by atoms with van der Waals surface area (Å²) in [6.45, 7) is 0. The maximum absolute atomic E-state index is 6.63. The highest BCUT2D eigenvalue weighted by molar-refractivity contribution is 6.20. The predicted octanol–water partition coefficient (Wildman–Crippen LogP) is 14.6. The summed E-state index contributed by atoms with van der Waals surface area (Å²) in [5.41, 5.74) is 17.3. The van der Waals surface area contributed by atoms with E-state index in [0.717, 1.165) is 105 Å². The molecule has 0 amide bonds. The lowest BCUT2D eigenvalue weighted by molar-refractivity contribution is 0.672. The number of nitrogens with zero attached hydrogens (tertiary/aromatic N) is 3. The Bertz CT molecular complexity index is 3560. The summed E-state index contributed by atoms with van der Waals surface area (Å²) in [6, 6.07) is 42.5. The third-order valence-electron chi connectivity index (χ3n) is 13.1. The normalized spacial score (nSPS) is 14.5. The zero-order chi connectivity index (χ0) is 38.6. The molecule has 278 valence electrons. The van der Waals surface area contributed by atoms with Crippen LogP contribution in [0.2, 0.25) is 0 Å². The lowest BCUT2D eigenvalue weighted by Crippen LogP contribution is -2.02. The first-order chi connectivity index (χ1) is 29.2. The molecular formula is C55H37N3O. The first-order valence-electron chi connectivity index (χ1n) is 20.9. The largest absolute Gasteiger partial charge is 0.455 e. The number of aromatic nitrogens is 2. The molecule has 0 unspecified atom stereocenters. The maximum atomic E-state index is 6.63. The van der Waals surface area contributed by atoms with E-state index in [1.54, 1.807) is 0 Å². The van der Waals surface area contributed by atoms with E-state index in [1.807, 2.05) is 24.5 Å². The van der Waals surface area contributed by atoms with Crippen LogP contribution in [0.25, 0.3) is 111 Å². The summed E-state index contributed by atoms with van der Waals surface area (Å²) >= 11 is 0. The van der Waals surface area contributed by atoms with Crippen molar-refractivity contribution >= 4 is 89.2 Å². The summed E-state index contributed by atoms with van der Waals surface area (Å²) in [5.74, 6) is 0. The Hall–Kier alpha value is -7.17. The molecule has 13 rings (SSSR count). The van der Waals surface area contributed by atoms with Crippen LogP contribution >= 0.6 is 0 Å². The molecule has 0 fully saturated rings. The van der Waals surface area contributed by atoms with Crippen LogP contribution in [-0.4, -0.2) is 16.2 Å². The Morgan fingerprint density at radius 1 is 0.525 bits per heavy atom. The van der Waals surface area contributed by atoms with Crippen molar-refractivity contribution in [1.82, 2.24) is 9.97 Å². The molecule has 0 N–H and O–H groups in total. The smallest absolute Gasteiger partial charge is 0.143 e. The van der Waals surface area contributed by atoms with Crippen molar-refractivity contribution in [1.29, 1.82) is 0 Å². The number of furan rings is 1. The molecule has 0 radical (unpaired) electrons. The van der Waals surface area contributed by atoms with Crippen LogP contribution in [-0.2, 0) is 19.3 Å². The summed E-state index contributed by atoms with van der Waals surface area (Å²) in [4.78, 5) is 15.0. The molecule has 4 heterocycles. The number of benzene rings is 7. The van der Waals surface area contributed by atoms with Gasteiger partial charge in [0.15, 0.2) is 0 Å². The Labute approximate surface area is 340 Å². The Morgan fingerprint density at radius 2 is 1.31 bits per heavy atom. The molecule has 2 aliphatic carbocycles. The number of hydrogen-bond acceptors (Lipinski definition) is 4. The van der Waals surface area contributed by atoms with Gasteiger partial charge in [0, 0.05) is 56.2 Å². The van der Waals surface area contributed by atoms with Gasteiger partial charge in [0.05, 0.1) is 16.9 Å². The number of allylic oxidation sites excluding steroid dienone is 2. The molecule has 0 atom stereocenters. The monoisotopic (exact) mass is 755 g/mol. The highest BCUT2D eigenvalue weighted by Gasteiger charge is 2.23. The van der Waals surface area contributed by atoms with Crippen LogP contribution in [0.4, 0.5) is 5.69 Å². The zero-order valence-corrected chi connectivity index (χ0v) is 32.4. The minimum Gasteiger partial charge on any atom is -0.455 e. The molecule has 3 aromatic heterocycles. The van der Waals surface area contributed by atoms with Crippen LogP contribution < -0.4 is 0 Å². The molecule has 10 aromatic rings. The number of aryl methyl sites for hydroxylation is 2. The number of hydrogen-bond donors (Lipinski definition) is 0. The van der Waals surface area contributed by atoms with Crippen LogP contribution in [0.3, 0.4) is 0 Å². The molecule has 0 saturated heterocycles. The second-order valence-electron chi connectivity index (χ2n) is 16.3. The number of aliphatic imine (C=N–C) groups is 1. The van der Waals surface area contributed by atoms with Crippen LogP contribution in [0, 0.1) is 0 Å². The third-order valence-corrected chi connectivity index (χ3v) is 13.1. The zero-order valence-electron chi connectivity index (χ0n) is 32.4. The highest BCUT2D eigenvalue weighted by Crippen LogP contribution is 2.45. The van der Waals surface area contributed by atoms with Gasteiger partial charge in [0.1, 0.15) is 11.2 Å². The number of fused-ring (bicyclic) bond motifs is 16. The van der Waals surface area contributed by atoms with E-state index in [9.17, 15) is 0 Å². The highest BCUT2D eigenvalue weighted by atomic mass is 16.3. The van der Waals surface area contributed by atoms with Crippen LogP contribution in [0.1, 0.15) is 47.2 Å². The molecule has 4 nitrogen and oxygen atoms in total. The fourth-order valence-corrected chi connectivity index (χ4v) is 10.3. The predicted molar refractivity (Wildman–Crippen MR) is 247 cm³/mol. The Balaban J connectivity index is 0.965. The van der Waals surface area contributed by atoms with E-state index >= 15 is 0 Å². The molecule has 3 aliphatic rings. The standard InChI is InChI=1S/C55H37N3O/c1-2-14-38-37(13-1)47-29-33(20-22-39(47)40-23-21-34(30-48(38)40)46-31-36-12-8-26-56-53(36)54-42(46)17-9-27-57-54)32-10-7-11-35(28-32)52-45-25-24-43-41-15-4-6-19-50(41)59-55(43)51(45)44-16-3-5-18-49(44)58-52/h2-4,6-8,10-12,14-16,19-31H,1,5,9,13,17-18H2. The van der Waals surface area contributed by atoms with Gasteiger partial charge in [-0.1, -0.05) is 97.1 Å². The lowest BCUT2D eigenvalue weighted by Gasteiger charge is -2.21.